The van der Waals surface area contributed by atoms with Crippen molar-refractivity contribution in [3.63, 3.8) is 0 Å². The van der Waals surface area contributed by atoms with Crippen molar-refractivity contribution in [3.05, 3.63) is 59.9 Å². The van der Waals surface area contributed by atoms with Crippen LogP contribution in [0.25, 0.3) is 0 Å². The van der Waals surface area contributed by atoms with Crippen molar-refractivity contribution < 1.29 is 18.7 Å². The third-order valence-corrected chi connectivity index (χ3v) is 3.15. The highest BCUT2D eigenvalue weighted by Crippen LogP contribution is 2.24. The summed E-state index contributed by atoms with van der Waals surface area (Å²) < 4.78 is 18.7. The van der Waals surface area contributed by atoms with E-state index in [4.69, 9.17) is 0 Å². The van der Waals surface area contributed by atoms with Crippen molar-refractivity contribution in [2.24, 2.45) is 0 Å². The largest absolute Gasteiger partial charge is 0.459 e. The van der Waals surface area contributed by atoms with Crippen molar-refractivity contribution >= 4 is 11.9 Å². The van der Waals surface area contributed by atoms with Crippen LogP contribution in [0.5, 0.6) is 0 Å². The fraction of sp³-hybridized carbons (Fsp3) is 0.250. The van der Waals surface area contributed by atoms with Gasteiger partial charge in [-0.15, -0.1) is 0 Å². The number of nitrogens with one attached hydrogen (secondary N) is 1. The maximum atomic E-state index is 14.1. The molecule has 0 saturated heterocycles. The fourth-order valence-corrected chi connectivity index (χ4v) is 2.09. The number of carbonyl (C=O) groups is 2. The third kappa shape index (κ3) is 4.32. The van der Waals surface area contributed by atoms with E-state index in [1.54, 1.807) is 25.1 Å². The second kappa shape index (κ2) is 7.98. The van der Waals surface area contributed by atoms with E-state index in [-0.39, 0.29) is 13.2 Å². The SMILES string of the molecule is CCOC(=O)C(=O)NC[C@H](c1cnccn1)c1ccccc1F. The highest BCUT2D eigenvalue weighted by molar-refractivity contribution is 6.32. The molecular formula is C16H16FN3O3. The van der Waals surface area contributed by atoms with Crippen LogP contribution in [-0.4, -0.2) is 35.0 Å². The zero-order valence-corrected chi connectivity index (χ0v) is 12.5. The third-order valence-electron chi connectivity index (χ3n) is 3.15. The van der Waals surface area contributed by atoms with Gasteiger partial charge in [0, 0.05) is 31.1 Å². The molecule has 1 aromatic carbocycles. The molecule has 0 aliphatic heterocycles. The number of rotatable bonds is 5. The van der Waals surface area contributed by atoms with E-state index in [0.717, 1.165) is 0 Å². The number of hydrogen-bond donors (Lipinski definition) is 1. The predicted molar refractivity (Wildman–Crippen MR) is 79.9 cm³/mol. The van der Waals surface area contributed by atoms with Gasteiger partial charge in [-0.3, -0.25) is 14.8 Å². The van der Waals surface area contributed by atoms with E-state index in [0.29, 0.717) is 11.3 Å². The Morgan fingerprint density at radius 2 is 2.09 bits per heavy atom. The maximum Gasteiger partial charge on any atom is 0.396 e. The summed E-state index contributed by atoms with van der Waals surface area (Å²) in [5.74, 6) is -2.84. The molecule has 2 rings (SSSR count). The number of hydrogen-bond acceptors (Lipinski definition) is 5. The first-order valence-electron chi connectivity index (χ1n) is 7.08. The highest BCUT2D eigenvalue weighted by Gasteiger charge is 2.22. The molecule has 1 aromatic heterocycles. The summed E-state index contributed by atoms with van der Waals surface area (Å²) >= 11 is 0. The van der Waals surface area contributed by atoms with Crippen molar-refractivity contribution in [2.45, 2.75) is 12.8 Å². The number of halogens is 1. The lowest BCUT2D eigenvalue weighted by atomic mass is 9.95. The van der Waals surface area contributed by atoms with Crippen LogP contribution >= 0.6 is 0 Å². The molecule has 0 fully saturated rings. The van der Waals surface area contributed by atoms with E-state index >= 15 is 0 Å². The first-order valence-corrected chi connectivity index (χ1v) is 7.08. The van der Waals surface area contributed by atoms with E-state index < -0.39 is 23.6 Å². The van der Waals surface area contributed by atoms with Gasteiger partial charge in [0.1, 0.15) is 5.82 Å². The molecule has 1 N–H and O–H groups in total. The van der Waals surface area contributed by atoms with E-state index in [1.165, 1.54) is 24.7 Å². The second-order valence-corrected chi connectivity index (χ2v) is 4.63. The molecule has 0 aliphatic rings. The van der Waals surface area contributed by atoms with Crippen LogP contribution in [-0.2, 0) is 14.3 Å². The average molecular weight is 317 g/mol. The number of ether oxygens (including phenoxy) is 1. The Bertz CT molecular complexity index is 679. The Kier molecular flexibility index (Phi) is 5.74. The summed E-state index contributed by atoms with van der Waals surface area (Å²) in [6.45, 7) is 1.71. The Hall–Kier alpha value is -2.83. The molecule has 0 bridgehead atoms. The fourth-order valence-electron chi connectivity index (χ4n) is 2.09. The van der Waals surface area contributed by atoms with Gasteiger partial charge in [0.2, 0.25) is 0 Å². The number of carbonyl (C=O) groups excluding carboxylic acids is 2. The summed E-state index contributed by atoms with van der Waals surface area (Å²) in [6, 6.07) is 6.19. The molecule has 1 amide bonds. The predicted octanol–water partition coefficient (Wildman–Crippen LogP) is 1.43. The number of nitrogens with zero attached hydrogens (tertiary/aromatic N) is 2. The first kappa shape index (κ1) is 16.5. The van der Waals surface area contributed by atoms with Gasteiger partial charge >= 0.3 is 11.9 Å². The van der Waals surface area contributed by atoms with Gasteiger partial charge in [-0.05, 0) is 18.6 Å². The molecule has 1 heterocycles. The lowest BCUT2D eigenvalue weighted by molar-refractivity contribution is -0.154. The maximum absolute atomic E-state index is 14.1. The number of benzene rings is 1. The highest BCUT2D eigenvalue weighted by atomic mass is 19.1. The molecule has 0 unspecified atom stereocenters. The van der Waals surface area contributed by atoms with E-state index in [1.807, 2.05) is 0 Å². The first-order chi connectivity index (χ1) is 11.1. The molecule has 7 heteroatoms. The summed E-state index contributed by atoms with van der Waals surface area (Å²) in [5.41, 5.74) is 0.846. The van der Waals surface area contributed by atoms with Crippen molar-refractivity contribution in [1.82, 2.24) is 15.3 Å². The topological polar surface area (TPSA) is 81.2 Å². The zero-order valence-electron chi connectivity index (χ0n) is 12.5. The lowest BCUT2D eigenvalue weighted by Gasteiger charge is -2.17. The van der Waals surface area contributed by atoms with Crippen LogP contribution in [0.15, 0.2) is 42.9 Å². The molecule has 120 valence electrons. The van der Waals surface area contributed by atoms with Crippen molar-refractivity contribution in [3.8, 4) is 0 Å². The summed E-state index contributed by atoms with van der Waals surface area (Å²) in [7, 11) is 0. The standard InChI is InChI=1S/C16H16FN3O3/c1-2-23-16(22)15(21)20-9-12(14-10-18-7-8-19-14)11-5-3-4-6-13(11)17/h3-8,10,12H,2,9H2,1H3,(H,20,21)/t12-/m0/s1. The molecule has 1 atom stereocenters. The molecular weight excluding hydrogens is 301 g/mol. The minimum Gasteiger partial charge on any atom is -0.459 e. The van der Waals surface area contributed by atoms with Crippen molar-refractivity contribution in [1.29, 1.82) is 0 Å². The summed E-state index contributed by atoms with van der Waals surface area (Å²) in [6.07, 6.45) is 4.48. The van der Waals surface area contributed by atoms with Crippen LogP contribution in [0.2, 0.25) is 0 Å². The normalized spacial score (nSPS) is 11.6. The monoisotopic (exact) mass is 317 g/mol. The van der Waals surface area contributed by atoms with Crippen LogP contribution in [0.3, 0.4) is 0 Å². The Morgan fingerprint density at radius 1 is 1.30 bits per heavy atom. The number of amides is 1. The van der Waals surface area contributed by atoms with Crippen molar-refractivity contribution in [2.75, 3.05) is 13.2 Å². The average Bonchev–Trinajstić information content (AvgIpc) is 2.57. The molecule has 0 aliphatic carbocycles. The van der Waals surface area contributed by atoms with Gasteiger partial charge in [0.25, 0.3) is 0 Å². The van der Waals surface area contributed by atoms with E-state index in [2.05, 4.69) is 20.0 Å². The Balaban J connectivity index is 2.20. The molecule has 0 spiro atoms. The van der Waals surface area contributed by atoms with Crippen LogP contribution in [0.1, 0.15) is 24.1 Å². The number of esters is 1. The van der Waals surface area contributed by atoms with Gasteiger partial charge in [-0.2, -0.15) is 0 Å². The zero-order chi connectivity index (χ0) is 16.7. The van der Waals surface area contributed by atoms with Gasteiger partial charge in [0.05, 0.1) is 12.3 Å². The molecule has 2 aromatic rings. The Morgan fingerprint density at radius 3 is 2.74 bits per heavy atom. The second-order valence-electron chi connectivity index (χ2n) is 4.63. The van der Waals surface area contributed by atoms with Gasteiger partial charge in [-0.25, -0.2) is 9.18 Å². The molecule has 0 radical (unpaired) electrons. The summed E-state index contributed by atoms with van der Waals surface area (Å²) in [4.78, 5) is 31.2. The number of aromatic nitrogens is 2. The molecule has 23 heavy (non-hydrogen) atoms. The lowest BCUT2D eigenvalue weighted by Crippen LogP contribution is -2.36. The summed E-state index contributed by atoms with van der Waals surface area (Å²) in [5, 5.41) is 2.44. The quantitative estimate of drug-likeness (QED) is 0.666. The molecule has 6 nitrogen and oxygen atoms in total. The van der Waals surface area contributed by atoms with Crippen LogP contribution < -0.4 is 5.32 Å². The van der Waals surface area contributed by atoms with Crippen LogP contribution in [0, 0.1) is 5.82 Å². The van der Waals surface area contributed by atoms with Gasteiger partial charge in [-0.1, -0.05) is 18.2 Å². The smallest absolute Gasteiger partial charge is 0.396 e. The van der Waals surface area contributed by atoms with E-state index in [9.17, 15) is 14.0 Å². The van der Waals surface area contributed by atoms with Crippen LogP contribution in [0.4, 0.5) is 4.39 Å². The minimum atomic E-state index is -0.973. The minimum absolute atomic E-state index is 0.00270. The Labute approximate surface area is 132 Å². The molecule has 0 saturated carbocycles. The van der Waals surface area contributed by atoms with Gasteiger partial charge < -0.3 is 10.1 Å². The van der Waals surface area contributed by atoms with Gasteiger partial charge in [0.15, 0.2) is 0 Å².